The summed E-state index contributed by atoms with van der Waals surface area (Å²) >= 11 is 6.68. The van der Waals surface area contributed by atoms with E-state index in [1.165, 1.54) is 5.56 Å². The van der Waals surface area contributed by atoms with Crippen LogP contribution in [0.3, 0.4) is 0 Å². The lowest BCUT2D eigenvalue weighted by atomic mass is 9.83. The van der Waals surface area contributed by atoms with Crippen LogP contribution in [-0.4, -0.2) is 54.1 Å². The van der Waals surface area contributed by atoms with E-state index in [9.17, 15) is 0 Å². The standard InChI is InChI=1S/C22H30ClN3O2/c1-14-5-8-26(24-14)16(3)19-11-20(23)15(2)21(22(19)27-4)17-12-25(13-17)18-6-9-28-10-7-18/h5,8,11,16-18H,6-7,9-10,12-13H2,1-4H3. The molecule has 2 aromatic rings. The highest BCUT2D eigenvalue weighted by Crippen LogP contribution is 2.44. The Hall–Kier alpha value is -1.56. The molecule has 4 rings (SSSR count). The number of methoxy groups -OCH3 is 1. The fraction of sp³-hybridized carbons (Fsp3) is 0.591. The smallest absolute Gasteiger partial charge is 0.128 e. The summed E-state index contributed by atoms with van der Waals surface area (Å²) in [6, 6.07) is 4.79. The highest BCUT2D eigenvalue weighted by Gasteiger charge is 2.37. The topological polar surface area (TPSA) is 39.5 Å². The molecular formula is C22H30ClN3O2. The highest BCUT2D eigenvalue weighted by molar-refractivity contribution is 6.31. The molecule has 1 atom stereocenters. The third-order valence-corrected chi connectivity index (χ3v) is 6.76. The van der Waals surface area contributed by atoms with E-state index in [1.807, 2.05) is 23.9 Å². The summed E-state index contributed by atoms with van der Waals surface area (Å²) in [4.78, 5) is 2.59. The van der Waals surface area contributed by atoms with Crippen LogP contribution >= 0.6 is 11.6 Å². The lowest BCUT2D eigenvalue weighted by molar-refractivity contribution is 0.00119. The predicted molar refractivity (Wildman–Crippen MR) is 112 cm³/mol. The van der Waals surface area contributed by atoms with Crippen molar-refractivity contribution in [3.8, 4) is 5.75 Å². The van der Waals surface area contributed by atoms with Gasteiger partial charge in [-0.25, -0.2) is 0 Å². The summed E-state index contributed by atoms with van der Waals surface area (Å²) in [6.45, 7) is 10.2. The van der Waals surface area contributed by atoms with E-state index < -0.39 is 0 Å². The van der Waals surface area contributed by atoms with Gasteiger partial charge in [0.25, 0.3) is 0 Å². The zero-order chi connectivity index (χ0) is 19.8. The molecule has 28 heavy (non-hydrogen) atoms. The first kappa shape index (κ1) is 19.7. The normalized spacial score (nSPS) is 20.2. The van der Waals surface area contributed by atoms with Crippen LogP contribution in [0.5, 0.6) is 5.75 Å². The lowest BCUT2D eigenvalue weighted by Crippen LogP contribution is -2.52. The van der Waals surface area contributed by atoms with Gasteiger partial charge in [-0.3, -0.25) is 9.58 Å². The van der Waals surface area contributed by atoms with Crippen LogP contribution in [0.4, 0.5) is 0 Å². The van der Waals surface area contributed by atoms with Crippen molar-refractivity contribution in [2.75, 3.05) is 33.4 Å². The second kappa shape index (κ2) is 8.05. The maximum Gasteiger partial charge on any atom is 0.128 e. The minimum absolute atomic E-state index is 0.0622. The van der Waals surface area contributed by atoms with Crippen LogP contribution in [0.2, 0.25) is 5.02 Å². The average molecular weight is 404 g/mol. The van der Waals surface area contributed by atoms with Gasteiger partial charge in [-0.05, 0) is 51.3 Å². The van der Waals surface area contributed by atoms with Crippen LogP contribution in [0, 0.1) is 13.8 Å². The van der Waals surface area contributed by atoms with Gasteiger partial charge >= 0.3 is 0 Å². The van der Waals surface area contributed by atoms with E-state index in [2.05, 4.69) is 29.9 Å². The molecule has 2 aliphatic rings. The molecule has 2 saturated heterocycles. The highest BCUT2D eigenvalue weighted by atomic mass is 35.5. The molecule has 0 spiro atoms. The second-order valence-corrected chi connectivity index (χ2v) is 8.53. The zero-order valence-corrected chi connectivity index (χ0v) is 18.0. The van der Waals surface area contributed by atoms with Crippen molar-refractivity contribution in [2.45, 2.75) is 51.6 Å². The molecule has 0 aliphatic carbocycles. The summed E-state index contributed by atoms with van der Waals surface area (Å²) < 4.78 is 13.5. The zero-order valence-electron chi connectivity index (χ0n) is 17.2. The summed E-state index contributed by atoms with van der Waals surface area (Å²) in [7, 11) is 1.77. The molecule has 2 fully saturated rings. The predicted octanol–water partition coefficient (Wildman–Crippen LogP) is 4.35. The van der Waals surface area contributed by atoms with Gasteiger partial charge in [0.1, 0.15) is 5.75 Å². The maximum atomic E-state index is 6.68. The Labute approximate surface area is 172 Å². The molecular weight excluding hydrogens is 374 g/mol. The fourth-order valence-corrected chi connectivity index (χ4v) is 4.85. The Kier molecular flexibility index (Phi) is 5.68. The molecule has 3 heterocycles. The quantitative estimate of drug-likeness (QED) is 0.744. The third-order valence-electron chi connectivity index (χ3n) is 6.37. The molecule has 1 unspecified atom stereocenters. The SMILES string of the molecule is COc1c(C(C)n2ccc(C)n2)cc(Cl)c(C)c1C1CN(C2CCOCC2)C1. The van der Waals surface area contributed by atoms with E-state index in [-0.39, 0.29) is 6.04 Å². The number of ether oxygens (including phenoxy) is 2. The minimum Gasteiger partial charge on any atom is -0.496 e. The van der Waals surface area contributed by atoms with Crippen molar-refractivity contribution in [3.63, 3.8) is 0 Å². The van der Waals surface area contributed by atoms with Gasteiger partial charge in [0, 0.05) is 60.6 Å². The van der Waals surface area contributed by atoms with Gasteiger partial charge in [0.05, 0.1) is 18.8 Å². The third kappa shape index (κ3) is 3.56. The van der Waals surface area contributed by atoms with Crippen LogP contribution in [-0.2, 0) is 4.74 Å². The number of hydrogen-bond acceptors (Lipinski definition) is 4. The van der Waals surface area contributed by atoms with Gasteiger partial charge in [-0.1, -0.05) is 11.6 Å². The van der Waals surface area contributed by atoms with E-state index in [4.69, 9.17) is 21.1 Å². The van der Waals surface area contributed by atoms with Gasteiger partial charge in [0.15, 0.2) is 0 Å². The summed E-state index contributed by atoms with van der Waals surface area (Å²) in [6.07, 6.45) is 4.29. The van der Waals surface area contributed by atoms with Crippen molar-refractivity contribution >= 4 is 11.6 Å². The minimum atomic E-state index is 0.0622. The van der Waals surface area contributed by atoms with E-state index in [0.29, 0.717) is 12.0 Å². The molecule has 0 N–H and O–H groups in total. The fourth-order valence-electron chi connectivity index (χ4n) is 4.63. The maximum absolute atomic E-state index is 6.68. The average Bonchev–Trinajstić information content (AvgIpc) is 3.10. The number of nitrogens with zero attached hydrogens (tertiary/aromatic N) is 3. The Morgan fingerprint density at radius 3 is 2.57 bits per heavy atom. The van der Waals surface area contributed by atoms with E-state index >= 15 is 0 Å². The van der Waals surface area contributed by atoms with Gasteiger partial charge in [-0.15, -0.1) is 0 Å². The number of benzene rings is 1. The van der Waals surface area contributed by atoms with Crippen LogP contribution in [0.15, 0.2) is 18.3 Å². The monoisotopic (exact) mass is 403 g/mol. The number of rotatable bonds is 5. The Morgan fingerprint density at radius 2 is 1.96 bits per heavy atom. The number of aryl methyl sites for hydroxylation is 1. The Morgan fingerprint density at radius 1 is 1.25 bits per heavy atom. The molecule has 2 aliphatic heterocycles. The second-order valence-electron chi connectivity index (χ2n) is 8.13. The molecule has 1 aromatic carbocycles. The molecule has 5 nitrogen and oxygen atoms in total. The molecule has 1 aromatic heterocycles. The van der Waals surface area contributed by atoms with Crippen LogP contribution in [0.1, 0.15) is 54.1 Å². The van der Waals surface area contributed by atoms with Crippen molar-refractivity contribution in [3.05, 3.63) is 45.7 Å². The number of hydrogen-bond donors (Lipinski definition) is 0. The number of aromatic nitrogens is 2. The molecule has 0 bridgehead atoms. The van der Waals surface area contributed by atoms with Crippen molar-refractivity contribution in [1.82, 2.24) is 14.7 Å². The van der Waals surface area contributed by atoms with Crippen molar-refractivity contribution < 1.29 is 9.47 Å². The number of likely N-dealkylation sites (tertiary alicyclic amines) is 1. The summed E-state index contributed by atoms with van der Waals surface area (Å²) in [5.41, 5.74) is 4.52. The largest absolute Gasteiger partial charge is 0.496 e. The molecule has 0 saturated carbocycles. The lowest BCUT2D eigenvalue weighted by Gasteiger charge is -2.46. The first-order valence-electron chi connectivity index (χ1n) is 10.2. The van der Waals surface area contributed by atoms with Crippen LogP contribution < -0.4 is 4.74 Å². The summed E-state index contributed by atoms with van der Waals surface area (Å²) in [5, 5.41) is 5.41. The Bertz CT molecular complexity index is 839. The van der Waals surface area contributed by atoms with Crippen molar-refractivity contribution in [1.29, 1.82) is 0 Å². The van der Waals surface area contributed by atoms with Crippen LogP contribution in [0.25, 0.3) is 0 Å². The Balaban J connectivity index is 1.63. The van der Waals surface area contributed by atoms with Gasteiger partial charge < -0.3 is 9.47 Å². The van der Waals surface area contributed by atoms with Gasteiger partial charge in [0.2, 0.25) is 0 Å². The first-order chi connectivity index (χ1) is 13.5. The van der Waals surface area contributed by atoms with E-state index in [0.717, 1.165) is 66.7 Å². The van der Waals surface area contributed by atoms with Crippen molar-refractivity contribution in [2.24, 2.45) is 0 Å². The molecule has 0 radical (unpaired) electrons. The first-order valence-corrected chi connectivity index (χ1v) is 10.6. The van der Waals surface area contributed by atoms with Gasteiger partial charge in [-0.2, -0.15) is 5.10 Å². The molecule has 0 amide bonds. The molecule has 152 valence electrons. The summed E-state index contributed by atoms with van der Waals surface area (Å²) in [5.74, 6) is 1.43. The van der Waals surface area contributed by atoms with E-state index in [1.54, 1.807) is 7.11 Å². The molecule has 6 heteroatoms. The number of halogens is 1.